The molecule has 96 valence electrons. The Labute approximate surface area is 105 Å². The van der Waals surface area contributed by atoms with Crippen molar-refractivity contribution in [2.24, 2.45) is 11.8 Å². The van der Waals surface area contributed by atoms with Crippen LogP contribution in [-0.2, 0) is 4.74 Å². The first-order chi connectivity index (χ1) is 8.28. The summed E-state index contributed by atoms with van der Waals surface area (Å²) < 4.78 is 5.43. The van der Waals surface area contributed by atoms with Crippen LogP contribution in [0.5, 0.6) is 0 Å². The van der Waals surface area contributed by atoms with Crippen molar-refractivity contribution < 1.29 is 4.74 Å². The lowest BCUT2D eigenvalue weighted by molar-refractivity contribution is 0.0785. The van der Waals surface area contributed by atoms with Crippen molar-refractivity contribution in [1.82, 2.24) is 4.90 Å². The van der Waals surface area contributed by atoms with Crippen LogP contribution in [0.2, 0.25) is 0 Å². The summed E-state index contributed by atoms with van der Waals surface area (Å²) in [5.41, 5.74) is 0. The predicted molar refractivity (Wildman–Crippen MR) is 67.5 cm³/mol. The van der Waals surface area contributed by atoms with E-state index < -0.39 is 0 Å². The highest BCUT2D eigenvalue weighted by molar-refractivity contribution is 4.99. The fourth-order valence-corrected chi connectivity index (χ4v) is 3.40. The topological polar surface area (TPSA) is 36.3 Å². The van der Waals surface area contributed by atoms with Gasteiger partial charge >= 0.3 is 0 Å². The Hall–Kier alpha value is -0.590. The lowest BCUT2D eigenvalue weighted by Crippen LogP contribution is -2.43. The third-order valence-electron chi connectivity index (χ3n) is 4.65. The van der Waals surface area contributed by atoms with Crippen molar-refractivity contribution in [3.8, 4) is 6.07 Å². The van der Waals surface area contributed by atoms with E-state index in [9.17, 15) is 5.26 Å². The van der Waals surface area contributed by atoms with E-state index in [1.54, 1.807) is 7.11 Å². The van der Waals surface area contributed by atoms with Crippen LogP contribution in [0.4, 0.5) is 0 Å². The summed E-state index contributed by atoms with van der Waals surface area (Å²) in [5, 5.41) is 9.30. The molecule has 2 fully saturated rings. The molecule has 0 aromatic rings. The summed E-state index contributed by atoms with van der Waals surface area (Å²) in [6.45, 7) is 4.41. The van der Waals surface area contributed by atoms with Crippen molar-refractivity contribution in [1.29, 1.82) is 5.26 Å². The molecule has 0 spiro atoms. The van der Waals surface area contributed by atoms with Crippen LogP contribution in [0.3, 0.4) is 0 Å². The second-order valence-corrected chi connectivity index (χ2v) is 5.53. The highest BCUT2D eigenvalue weighted by Gasteiger charge is 2.37. The highest BCUT2D eigenvalue weighted by Crippen LogP contribution is 2.35. The molecule has 3 nitrogen and oxygen atoms in total. The normalized spacial score (nSPS) is 39.1. The fraction of sp³-hybridized carbons (Fsp3) is 0.929. The second-order valence-electron chi connectivity index (χ2n) is 5.53. The molecule has 0 radical (unpaired) electrons. The first kappa shape index (κ1) is 12.9. The molecular formula is C14H24N2O. The molecule has 1 aliphatic heterocycles. The van der Waals surface area contributed by atoms with E-state index in [1.165, 1.54) is 19.3 Å². The molecule has 1 aliphatic carbocycles. The van der Waals surface area contributed by atoms with E-state index in [4.69, 9.17) is 4.74 Å². The quantitative estimate of drug-likeness (QED) is 0.755. The molecule has 1 heterocycles. The Balaban J connectivity index is 1.98. The summed E-state index contributed by atoms with van der Waals surface area (Å²) in [5.74, 6) is 1.07. The van der Waals surface area contributed by atoms with Crippen LogP contribution in [0.1, 0.15) is 39.0 Å². The summed E-state index contributed by atoms with van der Waals surface area (Å²) in [4.78, 5) is 2.50. The van der Waals surface area contributed by atoms with E-state index in [0.29, 0.717) is 12.1 Å². The van der Waals surface area contributed by atoms with E-state index in [1.807, 2.05) is 0 Å². The first-order valence-electron chi connectivity index (χ1n) is 6.95. The van der Waals surface area contributed by atoms with Crippen LogP contribution >= 0.6 is 0 Å². The zero-order chi connectivity index (χ0) is 12.3. The number of ether oxygens (including phenoxy) is 1. The van der Waals surface area contributed by atoms with E-state index in [-0.39, 0.29) is 5.92 Å². The summed E-state index contributed by atoms with van der Waals surface area (Å²) >= 11 is 0. The number of likely N-dealkylation sites (tertiary alicyclic amines) is 1. The molecule has 4 atom stereocenters. The lowest BCUT2D eigenvalue weighted by Gasteiger charge is -2.38. The van der Waals surface area contributed by atoms with Crippen LogP contribution in [0.15, 0.2) is 0 Å². The lowest BCUT2D eigenvalue weighted by atomic mass is 9.77. The van der Waals surface area contributed by atoms with Gasteiger partial charge < -0.3 is 4.74 Å². The van der Waals surface area contributed by atoms with Gasteiger partial charge in [-0.25, -0.2) is 0 Å². The second kappa shape index (κ2) is 5.84. The van der Waals surface area contributed by atoms with Crippen LogP contribution in [-0.4, -0.2) is 37.2 Å². The molecule has 2 aliphatic rings. The predicted octanol–water partition coefficient (Wildman–Crippen LogP) is 2.43. The standard InChI is InChI=1S/C14H24N2O/c1-3-11-4-5-12(9-15)14(8-11)16-7-6-13(10-16)17-2/h11-14H,3-8,10H2,1-2H3. The molecule has 0 aromatic heterocycles. The molecule has 1 saturated carbocycles. The zero-order valence-electron chi connectivity index (χ0n) is 11.1. The van der Waals surface area contributed by atoms with Gasteiger partial charge in [-0.2, -0.15) is 5.26 Å². The van der Waals surface area contributed by atoms with Gasteiger partial charge in [0.05, 0.1) is 18.1 Å². The third kappa shape index (κ3) is 2.81. The summed E-state index contributed by atoms with van der Waals surface area (Å²) in [6, 6.07) is 3.01. The van der Waals surface area contributed by atoms with Gasteiger partial charge in [-0.05, 0) is 31.6 Å². The Morgan fingerprint density at radius 3 is 2.76 bits per heavy atom. The molecule has 2 rings (SSSR count). The number of rotatable bonds is 3. The van der Waals surface area contributed by atoms with E-state index in [2.05, 4.69) is 17.9 Å². The minimum absolute atomic E-state index is 0.244. The molecule has 0 bridgehead atoms. The van der Waals surface area contributed by atoms with E-state index in [0.717, 1.165) is 31.8 Å². The number of nitriles is 1. The van der Waals surface area contributed by atoms with Gasteiger partial charge in [0.25, 0.3) is 0 Å². The van der Waals surface area contributed by atoms with Gasteiger partial charge in [0.15, 0.2) is 0 Å². The first-order valence-corrected chi connectivity index (χ1v) is 6.95. The fourth-order valence-electron chi connectivity index (χ4n) is 3.40. The molecule has 0 amide bonds. The number of methoxy groups -OCH3 is 1. The monoisotopic (exact) mass is 236 g/mol. The Kier molecular flexibility index (Phi) is 4.42. The average Bonchev–Trinajstić information content (AvgIpc) is 2.86. The van der Waals surface area contributed by atoms with Crippen LogP contribution < -0.4 is 0 Å². The molecule has 0 N–H and O–H groups in total. The van der Waals surface area contributed by atoms with Crippen molar-refractivity contribution in [2.75, 3.05) is 20.2 Å². The third-order valence-corrected chi connectivity index (χ3v) is 4.65. The minimum Gasteiger partial charge on any atom is -0.380 e. The van der Waals surface area contributed by atoms with Crippen molar-refractivity contribution in [2.45, 2.75) is 51.2 Å². The average molecular weight is 236 g/mol. The number of hydrogen-bond donors (Lipinski definition) is 0. The molecule has 1 saturated heterocycles. The van der Waals surface area contributed by atoms with Crippen molar-refractivity contribution in [3.05, 3.63) is 0 Å². The van der Waals surface area contributed by atoms with Gasteiger partial charge in [-0.15, -0.1) is 0 Å². The van der Waals surface area contributed by atoms with Crippen LogP contribution in [0, 0.1) is 23.2 Å². The Morgan fingerprint density at radius 2 is 2.18 bits per heavy atom. The zero-order valence-corrected chi connectivity index (χ0v) is 11.1. The molecule has 0 aromatic carbocycles. The maximum Gasteiger partial charge on any atom is 0.0710 e. The van der Waals surface area contributed by atoms with E-state index >= 15 is 0 Å². The van der Waals surface area contributed by atoms with Gasteiger partial charge in [0.2, 0.25) is 0 Å². The Bertz CT molecular complexity index is 286. The highest BCUT2D eigenvalue weighted by atomic mass is 16.5. The summed E-state index contributed by atoms with van der Waals surface area (Å²) in [6.07, 6.45) is 6.32. The van der Waals surface area contributed by atoms with Gasteiger partial charge in [-0.3, -0.25) is 4.90 Å². The number of hydrogen-bond acceptors (Lipinski definition) is 3. The van der Waals surface area contributed by atoms with Crippen molar-refractivity contribution in [3.63, 3.8) is 0 Å². The van der Waals surface area contributed by atoms with Gasteiger partial charge in [0.1, 0.15) is 0 Å². The molecular weight excluding hydrogens is 212 g/mol. The SMILES string of the molecule is CCC1CCC(C#N)C(N2CCC(OC)C2)C1. The largest absolute Gasteiger partial charge is 0.380 e. The number of nitrogens with zero attached hydrogens (tertiary/aromatic N) is 2. The maximum atomic E-state index is 9.30. The van der Waals surface area contributed by atoms with Gasteiger partial charge in [0, 0.05) is 26.2 Å². The van der Waals surface area contributed by atoms with Gasteiger partial charge in [-0.1, -0.05) is 13.3 Å². The molecule has 3 heteroatoms. The molecule has 4 unspecified atom stereocenters. The Morgan fingerprint density at radius 1 is 1.35 bits per heavy atom. The maximum absolute atomic E-state index is 9.30. The van der Waals surface area contributed by atoms with Crippen molar-refractivity contribution >= 4 is 0 Å². The smallest absolute Gasteiger partial charge is 0.0710 e. The van der Waals surface area contributed by atoms with Crippen LogP contribution in [0.25, 0.3) is 0 Å². The molecule has 17 heavy (non-hydrogen) atoms. The minimum atomic E-state index is 0.244. The summed E-state index contributed by atoms with van der Waals surface area (Å²) in [7, 11) is 1.80.